The van der Waals surface area contributed by atoms with E-state index in [1.807, 2.05) is 13.0 Å². The summed E-state index contributed by atoms with van der Waals surface area (Å²) in [5.74, 6) is -0.434. The maximum atomic E-state index is 13.2. The van der Waals surface area contributed by atoms with Crippen molar-refractivity contribution in [3.8, 4) is 0 Å². The van der Waals surface area contributed by atoms with Crippen LogP contribution in [0.2, 0.25) is 0 Å². The molecule has 0 aliphatic carbocycles. The van der Waals surface area contributed by atoms with Gasteiger partial charge in [-0.1, -0.05) is 36.4 Å². The number of nitrogens with zero attached hydrogens (tertiary/aromatic N) is 2. The molecule has 1 heterocycles. The predicted molar refractivity (Wildman–Crippen MR) is 103 cm³/mol. The van der Waals surface area contributed by atoms with Crippen LogP contribution in [-0.2, 0) is 11.2 Å². The van der Waals surface area contributed by atoms with E-state index < -0.39 is 0 Å². The number of amides is 1. The van der Waals surface area contributed by atoms with Crippen LogP contribution in [0.25, 0.3) is 0 Å². The quantitative estimate of drug-likeness (QED) is 0.865. The number of hydrogen-bond donors (Lipinski definition) is 1. The van der Waals surface area contributed by atoms with Crippen molar-refractivity contribution in [2.45, 2.75) is 19.4 Å². The Hall–Kier alpha value is -2.24. The minimum absolute atomic E-state index is 0.0895. The van der Waals surface area contributed by atoms with E-state index in [0.717, 1.165) is 39.1 Å². The van der Waals surface area contributed by atoms with Gasteiger partial charge < -0.3 is 10.2 Å². The van der Waals surface area contributed by atoms with Crippen LogP contribution < -0.4 is 5.32 Å². The molecule has 26 heavy (non-hydrogen) atoms. The minimum Gasteiger partial charge on any atom is -0.325 e. The van der Waals surface area contributed by atoms with Gasteiger partial charge in [0.1, 0.15) is 5.82 Å². The molecule has 1 aliphatic heterocycles. The van der Waals surface area contributed by atoms with Gasteiger partial charge in [-0.15, -0.1) is 0 Å². The van der Waals surface area contributed by atoms with Crippen molar-refractivity contribution in [2.24, 2.45) is 0 Å². The first kappa shape index (κ1) is 18.5. The van der Waals surface area contributed by atoms with E-state index >= 15 is 0 Å². The lowest BCUT2D eigenvalue weighted by Gasteiger charge is -2.37. The molecule has 4 nitrogen and oxygen atoms in total. The maximum absolute atomic E-state index is 13.2. The van der Waals surface area contributed by atoms with Gasteiger partial charge in [-0.2, -0.15) is 0 Å². The third kappa shape index (κ3) is 5.13. The first-order chi connectivity index (χ1) is 12.6. The highest BCUT2D eigenvalue weighted by molar-refractivity contribution is 5.94. The third-order valence-corrected chi connectivity index (χ3v) is 4.99. The molecule has 1 amide bonds. The van der Waals surface area contributed by atoms with Crippen LogP contribution in [0.1, 0.15) is 12.5 Å². The van der Waals surface area contributed by atoms with Crippen molar-refractivity contribution in [1.29, 1.82) is 0 Å². The molecular weight excluding hydrogens is 329 g/mol. The summed E-state index contributed by atoms with van der Waals surface area (Å²) in [4.78, 5) is 17.1. The van der Waals surface area contributed by atoms with E-state index in [9.17, 15) is 9.18 Å². The van der Waals surface area contributed by atoms with Crippen LogP contribution in [-0.4, -0.2) is 54.5 Å². The van der Waals surface area contributed by atoms with Gasteiger partial charge in [-0.05, 0) is 37.1 Å². The molecule has 1 N–H and O–H groups in total. The summed E-state index contributed by atoms with van der Waals surface area (Å²) in [5.41, 5.74) is 1.86. The molecule has 0 unspecified atom stereocenters. The van der Waals surface area contributed by atoms with Crippen LogP contribution >= 0.6 is 0 Å². The molecule has 2 aromatic carbocycles. The SMILES string of the molecule is C[C@H](C(=O)Nc1cccc(F)c1)N1CCN(CCc2ccccc2)CC1. The Balaban J connectivity index is 1.44. The number of halogens is 1. The van der Waals surface area contributed by atoms with Gasteiger partial charge in [0.15, 0.2) is 0 Å². The Kier molecular flexibility index (Phi) is 6.36. The third-order valence-electron chi connectivity index (χ3n) is 4.99. The highest BCUT2D eigenvalue weighted by atomic mass is 19.1. The molecule has 0 aromatic heterocycles. The van der Waals surface area contributed by atoms with Crippen LogP contribution in [0.5, 0.6) is 0 Å². The van der Waals surface area contributed by atoms with Gasteiger partial charge in [-0.3, -0.25) is 9.69 Å². The van der Waals surface area contributed by atoms with Crippen molar-refractivity contribution < 1.29 is 9.18 Å². The summed E-state index contributed by atoms with van der Waals surface area (Å²) in [6, 6.07) is 16.3. The zero-order valence-electron chi connectivity index (χ0n) is 15.2. The topological polar surface area (TPSA) is 35.6 Å². The minimum atomic E-state index is -0.345. The van der Waals surface area contributed by atoms with Crippen LogP contribution in [0, 0.1) is 5.82 Å². The molecular formula is C21H26FN3O. The molecule has 3 rings (SSSR count). The van der Waals surface area contributed by atoms with E-state index in [2.05, 4.69) is 39.4 Å². The number of nitrogens with one attached hydrogen (secondary N) is 1. The largest absolute Gasteiger partial charge is 0.325 e. The van der Waals surface area contributed by atoms with Gasteiger partial charge in [0.25, 0.3) is 0 Å². The van der Waals surface area contributed by atoms with Crippen LogP contribution in [0.4, 0.5) is 10.1 Å². The zero-order chi connectivity index (χ0) is 18.4. The molecule has 0 spiro atoms. The molecule has 0 bridgehead atoms. The highest BCUT2D eigenvalue weighted by Gasteiger charge is 2.25. The Morgan fingerprint density at radius 1 is 1.08 bits per heavy atom. The molecule has 1 atom stereocenters. The highest BCUT2D eigenvalue weighted by Crippen LogP contribution is 2.13. The van der Waals surface area contributed by atoms with E-state index in [4.69, 9.17) is 0 Å². The molecule has 0 saturated carbocycles. The summed E-state index contributed by atoms with van der Waals surface area (Å²) in [6.45, 7) is 6.61. The Bertz CT molecular complexity index is 714. The average molecular weight is 355 g/mol. The number of anilines is 1. The summed E-state index contributed by atoms with van der Waals surface area (Å²) in [7, 11) is 0. The summed E-state index contributed by atoms with van der Waals surface area (Å²) in [6.07, 6.45) is 1.05. The van der Waals surface area contributed by atoms with Crippen LogP contribution in [0.15, 0.2) is 54.6 Å². The predicted octanol–water partition coefficient (Wildman–Crippen LogP) is 3.01. The van der Waals surface area contributed by atoms with Crippen molar-refractivity contribution in [3.63, 3.8) is 0 Å². The monoisotopic (exact) mass is 355 g/mol. The second-order valence-corrected chi connectivity index (χ2v) is 6.79. The fraction of sp³-hybridized carbons (Fsp3) is 0.381. The Morgan fingerprint density at radius 2 is 1.81 bits per heavy atom. The molecule has 0 radical (unpaired) electrons. The van der Waals surface area contributed by atoms with Gasteiger partial charge in [0, 0.05) is 38.4 Å². The second-order valence-electron chi connectivity index (χ2n) is 6.79. The lowest BCUT2D eigenvalue weighted by atomic mass is 10.1. The maximum Gasteiger partial charge on any atom is 0.241 e. The Labute approximate surface area is 154 Å². The van der Waals surface area contributed by atoms with Crippen molar-refractivity contribution >= 4 is 11.6 Å². The average Bonchev–Trinajstić information content (AvgIpc) is 2.67. The summed E-state index contributed by atoms with van der Waals surface area (Å²) >= 11 is 0. The smallest absolute Gasteiger partial charge is 0.241 e. The summed E-state index contributed by atoms with van der Waals surface area (Å²) in [5, 5.41) is 2.80. The van der Waals surface area contributed by atoms with E-state index in [0.29, 0.717) is 5.69 Å². The van der Waals surface area contributed by atoms with Gasteiger partial charge in [-0.25, -0.2) is 4.39 Å². The molecule has 1 aliphatic rings. The number of hydrogen-bond acceptors (Lipinski definition) is 3. The fourth-order valence-electron chi connectivity index (χ4n) is 3.28. The number of piperazine rings is 1. The number of benzene rings is 2. The Morgan fingerprint density at radius 3 is 2.50 bits per heavy atom. The summed E-state index contributed by atoms with van der Waals surface area (Å²) < 4.78 is 13.2. The first-order valence-corrected chi connectivity index (χ1v) is 9.18. The van der Waals surface area contributed by atoms with Crippen molar-refractivity contribution in [1.82, 2.24) is 9.80 Å². The normalized spacial score (nSPS) is 17.0. The lowest BCUT2D eigenvalue weighted by Crippen LogP contribution is -2.53. The molecule has 138 valence electrons. The van der Waals surface area contributed by atoms with E-state index in [-0.39, 0.29) is 17.8 Å². The lowest BCUT2D eigenvalue weighted by molar-refractivity contribution is -0.121. The molecule has 1 saturated heterocycles. The fourth-order valence-corrected chi connectivity index (χ4v) is 3.28. The van der Waals surface area contributed by atoms with E-state index in [1.54, 1.807) is 12.1 Å². The van der Waals surface area contributed by atoms with Crippen molar-refractivity contribution in [3.05, 3.63) is 66.0 Å². The standard InChI is InChI=1S/C21H26FN3O/c1-17(21(26)23-20-9-5-8-19(22)16-20)25-14-12-24(13-15-25)11-10-18-6-3-2-4-7-18/h2-9,16-17H,10-15H2,1H3,(H,23,26)/t17-/m1/s1. The number of rotatable bonds is 6. The van der Waals surface area contributed by atoms with Gasteiger partial charge in [0.05, 0.1) is 6.04 Å². The molecule has 2 aromatic rings. The molecule has 5 heteroatoms. The second kappa shape index (κ2) is 8.92. The van der Waals surface area contributed by atoms with Crippen molar-refractivity contribution in [2.75, 3.05) is 38.0 Å². The van der Waals surface area contributed by atoms with Gasteiger partial charge >= 0.3 is 0 Å². The number of carbonyl (C=O) groups excluding carboxylic acids is 1. The zero-order valence-corrected chi connectivity index (χ0v) is 15.2. The van der Waals surface area contributed by atoms with E-state index in [1.165, 1.54) is 17.7 Å². The molecule has 1 fully saturated rings. The van der Waals surface area contributed by atoms with Gasteiger partial charge in [0.2, 0.25) is 5.91 Å². The number of carbonyl (C=O) groups is 1. The van der Waals surface area contributed by atoms with Crippen LogP contribution in [0.3, 0.4) is 0 Å². The first-order valence-electron chi connectivity index (χ1n) is 9.18.